The minimum Gasteiger partial charge on any atom is -0.367 e. The molecule has 0 saturated carbocycles. The smallest absolute Gasteiger partial charge is 0.367 e. The zero-order valence-electron chi connectivity index (χ0n) is 14.1. The molecule has 0 atom stereocenters. The van der Waals surface area contributed by atoms with E-state index in [1.54, 1.807) is 26.0 Å². The first kappa shape index (κ1) is 19.2. The van der Waals surface area contributed by atoms with Crippen LogP contribution in [-0.4, -0.2) is 33.8 Å². The van der Waals surface area contributed by atoms with Crippen LogP contribution in [0, 0.1) is 11.3 Å². The lowest BCUT2D eigenvalue weighted by Crippen LogP contribution is -2.31. The maximum atomic E-state index is 13.3. The summed E-state index contributed by atoms with van der Waals surface area (Å²) >= 11 is 0. The number of rotatable bonds is 6. The normalized spacial score (nSPS) is 11.3. The Labute approximate surface area is 147 Å². The molecule has 0 spiro atoms. The summed E-state index contributed by atoms with van der Waals surface area (Å²) in [5.41, 5.74) is -1.27. The molecule has 138 valence electrons. The van der Waals surface area contributed by atoms with E-state index in [0.717, 1.165) is 10.9 Å². The van der Waals surface area contributed by atoms with Crippen molar-refractivity contribution in [2.45, 2.75) is 26.1 Å². The van der Waals surface area contributed by atoms with Crippen LogP contribution < -0.4 is 10.6 Å². The number of nitrogens with zero attached hydrogens (tertiary/aromatic N) is 4. The fraction of sp³-hybridized carbons (Fsp3) is 0.375. The van der Waals surface area contributed by atoms with Crippen molar-refractivity contribution in [3.05, 3.63) is 41.3 Å². The number of nitrogens with one attached hydrogen (secondary N) is 2. The Morgan fingerprint density at radius 2 is 2.12 bits per heavy atom. The van der Waals surface area contributed by atoms with Crippen LogP contribution >= 0.6 is 0 Å². The zero-order chi connectivity index (χ0) is 19.3. The Hall–Kier alpha value is -3.09. The van der Waals surface area contributed by atoms with Crippen LogP contribution in [0.2, 0.25) is 0 Å². The van der Waals surface area contributed by atoms with Crippen LogP contribution in [0.15, 0.2) is 24.5 Å². The molecule has 2 rings (SSSR count). The second-order valence-corrected chi connectivity index (χ2v) is 5.64. The number of pyridine rings is 1. The summed E-state index contributed by atoms with van der Waals surface area (Å²) in [6, 6.07) is 4.60. The molecule has 1 amide bonds. The Bertz CT molecular complexity index is 822. The summed E-state index contributed by atoms with van der Waals surface area (Å²) in [6.07, 6.45) is -2.28. The minimum atomic E-state index is -4.69. The quantitative estimate of drug-likeness (QED) is 0.766. The molecule has 2 heterocycles. The molecule has 0 radical (unpaired) electrons. The third-order valence-electron chi connectivity index (χ3n) is 3.43. The van der Waals surface area contributed by atoms with Gasteiger partial charge in [-0.1, -0.05) is 0 Å². The number of amides is 1. The van der Waals surface area contributed by atoms with E-state index in [-0.39, 0.29) is 13.1 Å². The molecule has 0 aliphatic carbocycles. The highest BCUT2D eigenvalue weighted by Gasteiger charge is 2.40. The van der Waals surface area contributed by atoms with Crippen LogP contribution in [0.1, 0.15) is 41.5 Å². The highest BCUT2D eigenvalue weighted by Crippen LogP contribution is 2.33. The first-order valence-corrected chi connectivity index (χ1v) is 7.77. The number of alkyl halides is 3. The molecule has 0 aromatic carbocycles. The number of hydrogen-bond donors (Lipinski definition) is 2. The molecule has 26 heavy (non-hydrogen) atoms. The number of halogens is 3. The molecule has 7 nitrogen and oxygen atoms in total. The van der Waals surface area contributed by atoms with Crippen molar-refractivity contribution in [1.82, 2.24) is 20.1 Å². The Kier molecular flexibility index (Phi) is 5.82. The van der Waals surface area contributed by atoms with Gasteiger partial charge < -0.3 is 10.6 Å². The molecule has 2 aromatic rings. The summed E-state index contributed by atoms with van der Waals surface area (Å²) in [5, 5.41) is 17.9. The summed E-state index contributed by atoms with van der Waals surface area (Å²) in [5.74, 6) is -0.527. The van der Waals surface area contributed by atoms with Crippen LogP contribution in [0.25, 0.3) is 0 Å². The average molecular weight is 366 g/mol. The van der Waals surface area contributed by atoms with Gasteiger partial charge in [-0.25, -0.2) is 4.98 Å². The van der Waals surface area contributed by atoms with Crippen molar-refractivity contribution < 1.29 is 18.0 Å². The molecule has 0 saturated heterocycles. The highest BCUT2D eigenvalue weighted by molar-refractivity contribution is 5.95. The lowest BCUT2D eigenvalue weighted by atomic mass is 10.2. The molecule has 10 heteroatoms. The van der Waals surface area contributed by atoms with E-state index in [9.17, 15) is 18.0 Å². The molecule has 0 aliphatic rings. The zero-order valence-corrected chi connectivity index (χ0v) is 14.1. The van der Waals surface area contributed by atoms with Gasteiger partial charge in [0, 0.05) is 25.3 Å². The van der Waals surface area contributed by atoms with Gasteiger partial charge >= 0.3 is 6.18 Å². The number of aromatic nitrogens is 3. The van der Waals surface area contributed by atoms with Crippen molar-refractivity contribution in [1.29, 1.82) is 5.26 Å². The van der Waals surface area contributed by atoms with Gasteiger partial charge in [0.1, 0.15) is 11.9 Å². The molecule has 0 fully saturated rings. The van der Waals surface area contributed by atoms with Crippen LogP contribution in [0.5, 0.6) is 0 Å². The summed E-state index contributed by atoms with van der Waals surface area (Å²) in [7, 11) is 0. The maximum absolute atomic E-state index is 13.3. The number of nitriles is 1. The number of anilines is 1. The second-order valence-electron chi connectivity index (χ2n) is 5.64. The monoisotopic (exact) mass is 366 g/mol. The van der Waals surface area contributed by atoms with E-state index in [1.807, 2.05) is 6.07 Å². The van der Waals surface area contributed by atoms with Crippen molar-refractivity contribution >= 4 is 11.7 Å². The van der Waals surface area contributed by atoms with E-state index in [2.05, 4.69) is 20.7 Å². The third kappa shape index (κ3) is 4.30. The number of carbonyl (C=O) groups excluding carboxylic acids is 1. The van der Waals surface area contributed by atoms with Gasteiger partial charge in [-0.2, -0.15) is 23.5 Å². The Morgan fingerprint density at radius 1 is 1.38 bits per heavy atom. The molecule has 0 aliphatic heterocycles. The van der Waals surface area contributed by atoms with Crippen molar-refractivity contribution in [2.24, 2.45) is 0 Å². The molecule has 2 N–H and O–H groups in total. The van der Waals surface area contributed by atoms with Crippen LogP contribution in [-0.2, 0) is 6.18 Å². The summed E-state index contributed by atoms with van der Waals surface area (Å²) in [6.45, 7) is 3.34. The minimum absolute atomic E-state index is 0.0461. The standard InChI is InChI=1S/C16H17F3N6O/c1-10(2)25-13(16(17,18)19)12(9-24-25)15(26)23-7-6-22-14-11(8-20)4-3-5-21-14/h3-5,9-10H,6-7H2,1-2H3,(H,21,22)(H,23,26). The lowest BCUT2D eigenvalue weighted by molar-refractivity contribution is -0.145. The second kappa shape index (κ2) is 7.86. The van der Waals surface area contributed by atoms with E-state index < -0.39 is 29.4 Å². The topological polar surface area (TPSA) is 95.6 Å². The van der Waals surface area contributed by atoms with Crippen LogP contribution in [0.4, 0.5) is 19.0 Å². The predicted octanol–water partition coefficient (Wildman–Crippen LogP) is 2.59. The van der Waals surface area contributed by atoms with Crippen molar-refractivity contribution in [3.8, 4) is 6.07 Å². The maximum Gasteiger partial charge on any atom is 0.433 e. The third-order valence-corrected chi connectivity index (χ3v) is 3.43. The van der Waals surface area contributed by atoms with Gasteiger partial charge in [0.15, 0.2) is 5.69 Å². The Balaban J connectivity index is 2.02. The molecule has 2 aromatic heterocycles. The lowest BCUT2D eigenvalue weighted by Gasteiger charge is -2.15. The van der Waals surface area contributed by atoms with Gasteiger partial charge in [-0.15, -0.1) is 0 Å². The van der Waals surface area contributed by atoms with Crippen molar-refractivity contribution in [2.75, 3.05) is 18.4 Å². The van der Waals surface area contributed by atoms with Crippen LogP contribution in [0.3, 0.4) is 0 Å². The largest absolute Gasteiger partial charge is 0.433 e. The highest BCUT2D eigenvalue weighted by atomic mass is 19.4. The fourth-order valence-electron chi connectivity index (χ4n) is 2.29. The van der Waals surface area contributed by atoms with Gasteiger partial charge in [-0.05, 0) is 26.0 Å². The van der Waals surface area contributed by atoms with Gasteiger partial charge in [0.05, 0.1) is 17.3 Å². The molecule has 0 bridgehead atoms. The van der Waals surface area contributed by atoms with Gasteiger partial charge in [0.2, 0.25) is 0 Å². The molecular formula is C16H17F3N6O. The van der Waals surface area contributed by atoms with Crippen molar-refractivity contribution in [3.63, 3.8) is 0 Å². The Morgan fingerprint density at radius 3 is 2.73 bits per heavy atom. The summed E-state index contributed by atoms with van der Waals surface area (Å²) < 4.78 is 40.6. The fourth-order valence-corrected chi connectivity index (χ4v) is 2.29. The van der Waals surface area contributed by atoms with Gasteiger partial charge in [-0.3, -0.25) is 9.48 Å². The summed E-state index contributed by atoms with van der Waals surface area (Å²) in [4.78, 5) is 16.1. The molecular weight excluding hydrogens is 349 g/mol. The van der Waals surface area contributed by atoms with Gasteiger partial charge in [0.25, 0.3) is 5.91 Å². The predicted molar refractivity (Wildman–Crippen MR) is 87.4 cm³/mol. The number of carbonyl (C=O) groups is 1. The first-order chi connectivity index (χ1) is 12.3. The van der Waals surface area contributed by atoms with E-state index in [1.165, 1.54) is 6.20 Å². The average Bonchev–Trinajstić information content (AvgIpc) is 3.04. The molecule has 0 unspecified atom stereocenters. The van der Waals surface area contributed by atoms with E-state index >= 15 is 0 Å². The SMILES string of the molecule is CC(C)n1ncc(C(=O)NCCNc2ncccc2C#N)c1C(F)(F)F. The first-order valence-electron chi connectivity index (χ1n) is 7.77. The van der Waals surface area contributed by atoms with E-state index in [0.29, 0.717) is 11.4 Å². The number of hydrogen-bond acceptors (Lipinski definition) is 5. The van der Waals surface area contributed by atoms with E-state index in [4.69, 9.17) is 5.26 Å².